The molecule has 1 unspecified atom stereocenters. The fourth-order valence-electron chi connectivity index (χ4n) is 1.12. The van der Waals surface area contributed by atoms with Crippen molar-refractivity contribution in [3.63, 3.8) is 0 Å². The molecule has 76 valence electrons. The second kappa shape index (κ2) is 4.76. The number of hydrogen-bond donors (Lipinski definition) is 1. The molecule has 1 atom stereocenters. The third kappa shape index (κ3) is 2.96. The van der Waals surface area contributed by atoms with Crippen LogP contribution in [-0.4, -0.2) is 11.2 Å². The molecule has 1 aromatic rings. The lowest BCUT2D eigenvalue weighted by Gasteiger charge is -2.06. The van der Waals surface area contributed by atoms with Gasteiger partial charge in [0.1, 0.15) is 0 Å². The summed E-state index contributed by atoms with van der Waals surface area (Å²) in [4.78, 5) is 0. The van der Waals surface area contributed by atoms with E-state index < -0.39 is 0 Å². The van der Waals surface area contributed by atoms with Gasteiger partial charge in [-0.05, 0) is 43.5 Å². The minimum Gasteiger partial charge on any atom is -0.389 e. The Kier molecular flexibility index (Phi) is 3.90. The van der Waals surface area contributed by atoms with E-state index in [0.717, 1.165) is 15.6 Å². The summed E-state index contributed by atoms with van der Waals surface area (Å²) in [6, 6.07) is 6.18. The predicted molar refractivity (Wildman–Crippen MR) is 64.2 cm³/mol. The van der Waals surface area contributed by atoms with Crippen molar-refractivity contribution in [2.45, 2.75) is 26.9 Å². The average Bonchev–Trinajstić information content (AvgIpc) is 2.09. The molecule has 0 heterocycles. The van der Waals surface area contributed by atoms with E-state index in [-0.39, 0.29) is 6.10 Å². The van der Waals surface area contributed by atoms with Crippen molar-refractivity contribution < 1.29 is 5.11 Å². The van der Waals surface area contributed by atoms with Crippen LogP contribution in [0.25, 0.3) is 6.08 Å². The summed E-state index contributed by atoms with van der Waals surface area (Å²) < 4.78 is 1.07. The lowest BCUT2D eigenvalue weighted by molar-refractivity contribution is 0.232. The first kappa shape index (κ1) is 11.5. The van der Waals surface area contributed by atoms with Crippen LogP contribution in [0.15, 0.2) is 28.2 Å². The van der Waals surface area contributed by atoms with Crippen LogP contribution in [0, 0.1) is 6.92 Å². The molecule has 0 radical (unpaired) electrons. The Bertz CT molecular complexity index is 353. The lowest BCUT2D eigenvalue weighted by atomic mass is 10.1. The highest BCUT2D eigenvalue weighted by atomic mass is 79.9. The zero-order valence-corrected chi connectivity index (χ0v) is 10.3. The van der Waals surface area contributed by atoms with Crippen molar-refractivity contribution in [3.05, 3.63) is 39.4 Å². The van der Waals surface area contributed by atoms with Gasteiger partial charge in [0.2, 0.25) is 0 Å². The Morgan fingerprint density at radius 1 is 1.50 bits per heavy atom. The first-order valence-electron chi connectivity index (χ1n) is 4.63. The van der Waals surface area contributed by atoms with Gasteiger partial charge in [0, 0.05) is 4.47 Å². The van der Waals surface area contributed by atoms with Crippen LogP contribution in [0.1, 0.15) is 25.0 Å². The van der Waals surface area contributed by atoms with E-state index in [4.69, 9.17) is 0 Å². The van der Waals surface area contributed by atoms with Gasteiger partial charge in [0.25, 0.3) is 0 Å². The van der Waals surface area contributed by atoms with Gasteiger partial charge in [0.05, 0.1) is 6.10 Å². The van der Waals surface area contributed by atoms with Crippen LogP contribution in [0.5, 0.6) is 0 Å². The molecule has 0 aromatic heterocycles. The molecule has 2 heteroatoms. The zero-order chi connectivity index (χ0) is 10.7. The second-order valence-corrected chi connectivity index (χ2v) is 4.44. The molecule has 0 spiro atoms. The minimum atomic E-state index is -0.386. The van der Waals surface area contributed by atoms with Gasteiger partial charge < -0.3 is 5.11 Å². The maximum absolute atomic E-state index is 9.34. The summed E-state index contributed by atoms with van der Waals surface area (Å²) in [5, 5.41) is 9.34. The lowest BCUT2D eigenvalue weighted by Crippen LogP contribution is -2.00. The molecule has 0 amide bonds. The number of halogens is 1. The van der Waals surface area contributed by atoms with Crippen LogP contribution >= 0.6 is 15.9 Å². The fourth-order valence-corrected chi connectivity index (χ4v) is 1.72. The molecule has 0 aliphatic heterocycles. The molecule has 0 saturated heterocycles. The molecule has 0 aliphatic rings. The normalized spacial score (nSPS) is 14.2. The molecule has 0 aliphatic carbocycles. The summed E-state index contributed by atoms with van der Waals surface area (Å²) in [6.07, 6.45) is 1.61. The molecule has 1 nitrogen and oxygen atoms in total. The standard InChI is InChI=1S/C12H15BrO/c1-8-4-5-11(12(13)6-8)7-9(2)10(3)14/h4-7,10,14H,1-3H3/b9-7+. The first-order valence-corrected chi connectivity index (χ1v) is 5.42. The van der Waals surface area contributed by atoms with Gasteiger partial charge >= 0.3 is 0 Å². The monoisotopic (exact) mass is 254 g/mol. The van der Waals surface area contributed by atoms with Gasteiger partial charge in [0.15, 0.2) is 0 Å². The van der Waals surface area contributed by atoms with Gasteiger partial charge in [-0.1, -0.05) is 34.1 Å². The number of hydrogen-bond acceptors (Lipinski definition) is 1. The summed E-state index contributed by atoms with van der Waals surface area (Å²) in [7, 11) is 0. The van der Waals surface area contributed by atoms with Crippen molar-refractivity contribution in [2.75, 3.05) is 0 Å². The molecule has 0 bridgehead atoms. The summed E-state index contributed by atoms with van der Waals surface area (Å²) in [5.74, 6) is 0. The van der Waals surface area contributed by atoms with E-state index in [2.05, 4.69) is 35.0 Å². The van der Waals surface area contributed by atoms with Gasteiger partial charge in [-0.2, -0.15) is 0 Å². The Balaban J connectivity index is 3.03. The van der Waals surface area contributed by atoms with Crippen molar-refractivity contribution in [1.29, 1.82) is 0 Å². The van der Waals surface area contributed by atoms with Crippen LogP contribution in [0.3, 0.4) is 0 Å². The Labute approximate surface area is 93.6 Å². The van der Waals surface area contributed by atoms with Crippen molar-refractivity contribution in [3.8, 4) is 0 Å². The second-order valence-electron chi connectivity index (χ2n) is 3.59. The van der Waals surface area contributed by atoms with Crippen LogP contribution < -0.4 is 0 Å². The van der Waals surface area contributed by atoms with E-state index in [0.29, 0.717) is 0 Å². The summed E-state index contributed by atoms with van der Waals surface area (Å²) in [5.41, 5.74) is 3.30. The Morgan fingerprint density at radius 2 is 2.14 bits per heavy atom. The molecule has 0 fully saturated rings. The molecule has 0 saturated carbocycles. The predicted octanol–water partition coefficient (Wildman–Crippen LogP) is 3.54. The Hall–Kier alpha value is -0.600. The number of benzene rings is 1. The highest BCUT2D eigenvalue weighted by molar-refractivity contribution is 9.10. The highest BCUT2D eigenvalue weighted by Crippen LogP contribution is 2.21. The van der Waals surface area contributed by atoms with E-state index in [9.17, 15) is 5.11 Å². The van der Waals surface area contributed by atoms with Crippen LogP contribution in [0.4, 0.5) is 0 Å². The maximum atomic E-state index is 9.34. The number of aliphatic hydroxyl groups excluding tert-OH is 1. The number of rotatable bonds is 2. The van der Waals surface area contributed by atoms with Crippen molar-refractivity contribution in [1.82, 2.24) is 0 Å². The van der Waals surface area contributed by atoms with Crippen molar-refractivity contribution in [2.24, 2.45) is 0 Å². The van der Waals surface area contributed by atoms with Gasteiger partial charge in [-0.15, -0.1) is 0 Å². The fraction of sp³-hybridized carbons (Fsp3) is 0.333. The minimum absolute atomic E-state index is 0.386. The van der Waals surface area contributed by atoms with Gasteiger partial charge in [-0.25, -0.2) is 0 Å². The average molecular weight is 255 g/mol. The molecule has 1 rings (SSSR count). The highest BCUT2D eigenvalue weighted by Gasteiger charge is 2.01. The van der Waals surface area contributed by atoms with Crippen molar-refractivity contribution >= 4 is 22.0 Å². The molecule has 14 heavy (non-hydrogen) atoms. The van der Waals surface area contributed by atoms with Gasteiger partial charge in [-0.3, -0.25) is 0 Å². The van der Waals surface area contributed by atoms with E-state index in [1.54, 1.807) is 6.92 Å². The first-order chi connectivity index (χ1) is 6.50. The number of aryl methyl sites for hydroxylation is 1. The molecular formula is C12H15BrO. The SMILES string of the molecule is C/C(=C\c1ccc(C)cc1Br)C(C)O. The van der Waals surface area contributed by atoms with E-state index in [1.165, 1.54) is 5.56 Å². The quantitative estimate of drug-likeness (QED) is 0.856. The molecule has 1 aromatic carbocycles. The van der Waals surface area contributed by atoms with E-state index in [1.807, 2.05) is 19.1 Å². The largest absolute Gasteiger partial charge is 0.389 e. The third-order valence-electron chi connectivity index (χ3n) is 2.20. The smallest absolute Gasteiger partial charge is 0.0722 e. The molecular weight excluding hydrogens is 240 g/mol. The zero-order valence-electron chi connectivity index (χ0n) is 8.71. The summed E-state index contributed by atoms with van der Waals surface area (Å²) >= 11 is 3.50. The van der Waals surface area contributed by atoms with Crippen LogP contribution in [0.2, 0.25) is 0 Å². The molecule has 1 N–H and O–H groups in total. The van der Waals surface area contributed by atoms with Crippen LogP contribution in [-0.2, 0) is 0 Å². The topological polar surface area (TPSA) is 20.2 Å². The third-order valence-corrected chi connectivity index (χ3v) is 2.88. The van der Waals surface area contributed by atoms with E-state index >= 15 is 0 Å². The summed E-state index contributed by atoms with van der Waals surface area (Å²) in [6.45, 7) is 5.75. The Morgan fingerprint density at radius 3 is 2.64 bits per heavy atom. The maximum Gasteiger partial charge on any atom is 0.0722 e. The number of aliphatic hydroxyl groups is 1.